The van der Waals surface area contributed by atoms with Crippen LogP contribution >= 0.6 is 23.2 Å². The molecular weight excluding hydrogens is 662 g/mol. The molecule has 8 N–H and O–H groups in total. The fourth-order valence-corrected chi connectivity index (χ4v) is 4.60. The van der Waals surface area contributed by atoms with Crippen LogP contribution < -0.4 is 22.1 Å². The summed E-state index contributed by atoms with van der Waals surface area (Å²) in [4.78, 5) is 20.2. The van der Waals surface area contributed by atoms with Gasteiger partial charge in [-0.1, -0.05) is 53.5 Å². The number of hydrogen-bond acceptors (Lipinski definition) is 9. The van der Waals surface area contributed by atoms with E-state index in [1.165, 1.54) is 12.1 Å². The van der Waals surface area contributed by atoms with Gasteiger partial charge in [-0.25, -0.2) is 9.78 Å². The number of urea groups is 1. The third-order valence-corrected chi connectivity index (χ3v) is 7.33. The molecule has 0 atom stereocenters. The second-order valence-electron chi connectivity index (χ2n) is 8.95. The van der Waals surface area contributed by atoms with Gasteiger partial charge < -0.3 is 22.1 Å². The van der Waals surface area contributed by atoms with E-state index in [9.17, 15) is 17.1 Å². The van der Waals surface area contributed by atoms with Crippen molar-refractivity contribution in [3.8, 4) is 11.1 Å². The Kier molecular flexibility index (Phi) is 11.4. The van der Waals surface area contributed by atoms with Crippen LogP contribution in [0.15, 0.2) is 71.6 Å². The van der Waals surface area contributed by atoms with E-state index in [0.29, 0.717) is 39.8 Å². The van der Waals surface area contributed by atoms with Crippen molar-refractivity contribution in [1.29, 1.82) is 0 Å². The molecule has 0 saturated heterocycles. The normalized spacial score (nSPS) is 11.3. The largest absolute Gasteiger partial charge is 0.394 e. The highest BCUT2D eigenvalue weighted by atomic mass is 35.5. The van der Waals surface area contributed by atoms with Gasteiger partial charge in [0.1, 0.15) is 5.82 Å². The molecule has 0 fully saturated rings. The lowest BCUT2D eigenvalue weighted by Gasteiger charge is -2.13. The summed E-state index contributed by atoms with van der Waals surface area (Å²) in [5, 5.41) is 6.08. The number of hydrogen-bond donors (Lipinski definition) is 6. The number of amides is 2. The minimum absolute atomic E-state index is 0.0781. The van der Waals surface area contributed by atoms with Gasteiger partial charge in [0.25, 0.3) is 0 Å². The first kappa shape index (κ1) is 34.4. The summed E-state index contributed by atoms with van der Waals surface area (Å²) in [6.45, 7) is 0.253. The molecule has 0 saturated carbocycles. The SMILES string of the molecule is Nc1nc(N)c(-c2ccc(Cl)c(Cl)c2)c(CCc2ccc(CNC(=O)Nc3ccc(S(=O)(=O)F)cc3)cc2)n1.O=S(=O)(O)O. The molecule has 1 heterocycles. The van der Waals surface area contributed by atoms with Crippen molar-refractivity contribution >= 4 is 67.3 Å². The lowest BCUT2D eigenvalue weighted by Crippen LogP contribution is -2.28. The molecule has 0 aliphatic carbocycles. The molecular formula is C26H25Cl2FN6O7S2. The Morgan fingerprint density at radius 1 is 0.841 bits per heavy atom. The molecule has 2 amide bonds. The highest BCUT2D eigenvalue weighted by Gasteiger charge is 2.15. The summed E-state index contributed by atoms with van der Waals surface area (Å²) in [6.07, 6.45) is 1.18. The van der Waals surface area contributed by atoms with E-state index >= 15 is 0 Å². The van der Waals surface area contributed by atoms with Gasteiger partial charge in [0.15, 0.2) is 0 Å². The van der Waals surface area contributed by atoms with Crippen LogP contribution in [0.1, 0.15) is 16.8 Å². The molecule has 234 valence electrons. The average Bonchev–Trinajstić information content (AvgIpc) is 2.91. The number of rotatable bonds is 8. The summed E-state index contributed by atoms with van der Waals surface area (Å²) in [7, 11) is -9.46. The van der Waals surface area contributed by atoms with Crippen LogP contribution in [-0.4, -0.2) is 41.9 Å². The maximum absolute atomic E-state index is 13.0. The van der Waals surface area contributed by atoms with E-state index in [2.05, 4.69) is 20.6 Å². The Hall–Kier alpha value is -4.06. The fraction of sp³-hybridized carbons (Fsp3) is 0.115. The summed E-state index contributed by atoms with van der Waals surface area (Å²) in [5.74, 6) is 0.327. The van der Waals surface area contributed by atoms with Crippen LogP contribution in [-0.2, 0) is 40.0 Å². The molecule has 0 unspecified atom stereocenters. The summed E-state index contributed by atoms with van der Waals surface area (Å²) < 4.78 is 66.4. The van der Waals surface area contributed by atoms with Gasteiger partial charge in [0, 0.05) is 17.8 Å². The predicted octanol–water partition coefficient (Wildman–Crippen LogP) is 4.73. The molecule has 0 aliphatic heterocycles. The van der Waals surface area contributed by atoms with E-state index in [4.69, 9.17) is 52.2 Å². The zero-order valence-electron chi connectivity index (χ0n) is 22.4. The second kappa shape index (κ2) is 14.6. The molecule has 18 heteroatoms. The van der Waals surface area contributed by atoms with Gasteiger partial charge in [-0.05, 0) is 65.9 Å². The summed E-state index contributed by atoms with van der Waals surface area (Å²) in [5.41, 5.74) is 16.3. The van der Waals surface area contributed by atoms with Gasteiger partial charge in [-0.15, -0.1) is 3.89 Å². The first-order chi connectivity index (χ1) is 20.5. The maximum atomic E-state index is 13.0. The number of carbonyl (C=O) groups excluding carboxylic acids is 1. The van der Waals surface area contributed by atoms with Crippen molar-refractivity contribution < 1.29 is 34.6 Å². The van der Waals surface area contributed by atoms with Crippen molar-refractivity contribution in [2.75, 3.05) is 16.8 Å². The third kappa shape index (κ3) is 10.9. The molecule has 3 aromatic carbocycles. The first-order valence-corrected chi connectivity index (χ1v) is 15.8. The molecule has 4 aromatic rings. The van der Waals surface area contributed by atoms with E-state index in [1.54, 1.807) is 18.2 Å². The minimum atomic E-state index is -4.79. The van der Waals surface area contributed by atoms with E-state index in [-0.39, 0.29) is 18.3 Å². The lowest BCUT2D eigenvalue weighted by molar-refractivity contribution is 0.251. The van der Waals surface area contributed by atoms with Crippen molar-refractivity contribution in [3.05, 3.63) is 93.6 Å². The third-order valence-electron chi connectivity index (χ3n) is 5.76. The Labute approximate surface area is 262 Å². The number of carbonyl (C=O) groups is 1. The van der Waals surface area contributed by atoms with Gasteiger partial charge in [0.05, 0.1) is 20.6 Å². The van der Waals surface area contributed by atoms with Crippen molar-refractivity contribution in [1.82, 2.24) is 15.3 Å². The topological polar surface area (TPSA) is 228 Å². The standard InChI is InChI=1S/C26H23Cl2FN6O3S.H2O4S/c27-20-11-6-17(13-21(20)28)23-22(34-25(31)35-24(23)30)12-5-15-1-3-16(4-2-15)14-32-26(36)33-18-7-9-19(10-8-18)39(29,37)38;1-5(2,3)4/h1-4,6-11,13H,5,12,14H2,(H2,32,33,36)(H4,30,31,34,35);(H2,1,2,3,4). The molecule has 0 radical (unpaired) electrons. The second-order valence-corrected chi connectivity index (χ2v) is 12.0. The number of aromatic nitrogens is 2. The van der Waals surface area contributed by atoms with Crippen LogP contribution in [0.3, 0.4) is 0 Å². The fourth-order valence-electron chi connectivity index (χ4n) is 3.84. The van der Waals surface area contributed by atoms with E-state index in [0.717, 1.165) is 28.8 Å². The number of anilines is 3. The number of nitrogens with two attached hydrogens (primary N) is 2. The van der Waals surface area contributed by atoms with Crippen LogP contribution in [0.2, 0.25) is 10.0 Å². The number of nitrogens with one attached hydrogen (secondary N) is 2. The average molecular weight is 688 g/mol. The number of halogens is 3. The highest BCUT2D eigenvalue weighted by molar-refractivity contribution is 7.86. The zero-order valence-corrected chi connectivity index (χ0v) is 25.6. The Morgan fingerprint density at radius 2 is 1.43 bits per heavy atom. The monoisotopic (exact) mass is 686 g/mol. The molecule has 0 spiro atoms. The number of nitrogens with zero attached hydrogens (tertiary/aromatic N) is 2. The summed E-state index contributed by atoms with van der Waals surface area (Å²) in [6, 6.07) is 17.1. The van der Waals surface area contributed by atoms with Crippen LogP contribution in [0, 0.1) is 0 Å². The van der Waals surface area contributed by atoms with Crippen LogP contribution in [0.4, 0.5) is 26.1 Å². The Morgan fingerprint density at radius 3 is 2.00 bits per heavy atom. The number of benzene rings is 3. The van der Waals surface area contributed by atoms with Crippen LogP contribution in [0.25, 0.3) is 11.1 Å². The van der Waals surface area contributed by atoms with E-state index in [1.807, 2.05) is 24.3 Å². The molecule has 13 nitrogen and oxygen atoms in total. The molecule has 0 aliphatic rings. The lowest BCUT2D eigenvalue weighted by atomic mass is 9.99. The minimum Gasteiger partial charge on any atom is -0.383 e. The first-order valence-electron chi connectivity index (χ1n) is 12.2. The highest BCUT2D eigenvalue weighted by Crippen LogP contribution is 2.33. The Bertz CT molecular complexity index is 1860. The van der Waals surface area contributed by atoms with Gasteiger partial charge in [-0.3, -0.25) is 9.11 Å². The summed E-state index contributed by atoms with van der Waals surface area (Å²) >= 11 is 12.2. The van der Waals surface area contributed by atoms with Gasteiger partial charge in [0.2, 0.25) is 5.95 Å². The molecule has 44 heavy (non-hydrogen) atoms. The number of aryl methyl sites for hydroxylation is 2. The number of nitrogen functional groups attached to an aromatic ring is 2. The van der Waals surface area contributed by atoms with Crippen molar-refractivity contribution in [2.45, 2.75) is 24.3 Å². The Balaban J connectivity index is 0.000000978. The van der Waals surface area contributed by atoms with Gasteiger partial charge in [-0.2, -0.15) is 21.8 Å². The maximum Gasteiger partial charge on any atom is 0.394 e. The molecule has 4 rings (SSSR count). The van der Waals surface area contributed by atoms with Gasteiger partial charge >= 0.3 is 26.7 Å². The quantitative estimate of drug-likeness (QED) is 0.110. The van der Waals surface area contributed by atoms with Crippen LogP contribution in [0.5, 0.6) is 0 Å². The molecule has 0 bridgehead atoms. The van der Waals surface area contributed by atoms with Crippen molar-refractivity contribution in [3.63, 3.8) is 0 Å². The zero-order chi connectivity index (χ0) is 32.7. The van der Waals surface area contributed by atoms with E-state index < -0.39 is 31.5 Å². The predicted molar refractivity (Wildman–Crippen MR) is 165 cm³/mol. The van der Waals surface area contributed by atoms with Crippen molar-refractivity contribution in [2.24, 2.45) is 0 Å². The molecule has 1 aromatic heterocycles. The smallest absolute Gasteiger partial charge is 0.383 e.